The molecule has 1 atom stereocenters. The van der Waals surface area contributed by atoms with Gasteiger partial charge in [-0.05, 0) is 54.8 Å². The minimum atomic E-state index is -0.522. The number of carbonyl (C=O) groups excluding carboxylic acids is 2. The van der Waals surface area contributed by atoms with Crippen LogP contribution < -0.4 is 10.2 Å². The fourth-order valence-corrected chi connectivity index (χ4v) is 3.17. The molecule has 0 saturated carbocycles. The van der Waals surface area contributed by atoms with Crippen LogP contribution in [0.4, 0.5) is 11.4 Å². The highest BCUT2D eigenvalue weighted by atomic mass is 79.9. The zero-order chi connectivity index (χ0) is 16.4. The summed E-state index contributed by atoms with van der Waals surface area (Å²) in [7, 11) is 0. The van der Waals surface area contributed by atoms with Crippen LogP contribution in [-0.2, 0) is 9.59 Å². The first-order valence-electron chi connectivity index (χ1n) is 7.11. The number of benzene rings is 2. The quantitative estimate of drug-likeness (QED) is 0.634. The molecule has 0 aliphatic carbocycles. The van der Waals surface area contributed by atoms with Crippen LogP contribution >= 0.6 is 27.7 Å². The topological polar surface area (TPSA) is 49.4 Å². The number of amides is 2. The monoisotopic (exact) mass is 390 g/mol. The van der Waals surface area contributed by atoms with E-state index in [0.29, 0.717) is 5.69 Å². The van der Waals surface area contributed by atoms with Gasteiger partial charge < -0.3 is 5.32 Å². The SMILES string of the molecule is CSc1ccc(NC2CC(=O)N(c3ccc(Br)cc3)C2=O)cc1. The highest BCUT2D eigenvalue weighted by Crippen LogP contribution is 2.26. The number of carbonyl (C=O) groups is 2. The number of halogens is 1. The van der Waals surface area contributed by atoms with Crippen molar-refractivity contribution in [2.75, 3.05) is 16.5 Å². The van der Waals surface area contributed by atoms with E-state index in [0.717, 1.165) is 15.1 Å². The van der Waals surface area contributed by atoms with Crippen molar-refractivity contribution >= 4 is 50.9 Å². The Kier molecular flexibility index (Phi) is 4.73. The second-order valence-electron chi connectivity index (χ2n) is 5.17. The number of nitrogens with one attached hydrogen (secondary N) is 1. The smallest absolute Gasteiger partial charge is 0.256 e. The summed E-state index contributed by atoms with van der Waals surface area (Å²) in [6.07, 6.45) is 2.18. The van der Waals surface area contributed by atoms with Gasteiger partial charge in [0.2, 0.25) is 5.91 Å². The van der Waals surface area contributed by atoms with E-state index in [1.54, 1.807) is 23.9 Å². The standard InChI is InChI=1S/C17H15BrN2O2S/c1-23-14-8-4-12(5-9-14)19-15-10-16(21)20(17(15)22)13-6-2-11(18)3-7-13/h2-9,15,19H,10H2,1H3. The first-order chi connectivity index (χ1) is 11.1. The second-order valence-corrected chi connectivity index (χ2v) is 6.97. The van der Waals surface area contributed by atoms with Crippen molar-refractivity contribution in [2.24, 2.45) is 0 Å². The molecule has 118 valence electrons. The molecule has 4 nitrogen and oxygen atoms in total. The summed E-state index contributed by atoms with van der Waals surface area (Å²) in [4.78, 5) is 27.2. The Hall–Kier alpha value is -1.79. The summed E-state index contributed by atoms with van der Waals surface area (Å²) < 4.78 is 0.906. The van der Waals surface area contributed by atoms with Crippen LogP contribution in [0, 0.1) is 0 Å². The molecule has 1 aliphatic heterocycles. The number of imide groups is 1. The van der Waals surface area contributed by atoms with Crippen LogP contribution in [-0.4, -0.2) is 24.1 Å². The maximum Gasteiger partial charge on any atom is 0.256 e. The Morgan fingerprint density at radius 1 is 1.09 bits per heavy atom. The van der Waals surface area contributed by atoms with Gasteiger partial charge in [0.05, 0.1) is 12.1 Å². The van der Waals surface area contributed by atoms with Crippen molar-refractivity contribution in [1.29, 1.82) is 0 Å². The number of anilines is 2. The van der Waals surface area contributed by atoms with Gasteiger partial charge in [-0.25, -0.2) is 4.90 Å². The van der Waals surface area contributed by atoms with Crippen molar-refractivity contribution in [3.63, 3.8) is 0 Å². The van der Waals surface area contributed by atoms with E-state index in [4.69, 9.17) is 0 Å². The molecular weight excluding hydrogens is 376 g/mol. The molecule has 1 saturated heterocycles. The molecule has 0 aromatic heterocycles. The van der Waals surface area contributed by atoms with E-state index in [1.165, 1.54) is 4.90 Å². The van der Waals surface area contributed by atoms with E-state index < -0.39 is 6.04 Å². The Bertz CT molecular complexity index is 731. The lowest BCUT2D eigenvalue weighted by molar-refractivity contribution is -0.121. The molecule has 3 rings (SSSR count). The Morgan fingerprint density at radius 2 is 1.74 bits per heavy atom. The Morgan fingerprint density at radius 3 is 2.35 bits per heavy atom. The summed E-state index contributed by atoms with van der Waals surface area (Å²) in [5.41, 5.74) is 1.44. The number of rotatable bonds is 4. The summed E-state index contributed by atoms with van der Waals surface area (Å²) in [6, 6.07) is 14.5. The molecule has 1 heterocycles. The van der Waals surface area contributed by atoms with Crippen molar-refractivity contribution in [3.05, 3.63) is 53.0 Å². The van der Waals surface area contributed by atoms with Crippen LogP contribution in [0.5, 0.6) is 0 Å². The van der Waals surface area contributed by atoms with E-state index >= 15 is 0 Å². The van der Waals surface area contributed by atoms with Crippen molar-refractivity contribution in [3.8, 4) is 0 Å². The van der Waals surface area contributed by atoms with Crippen LogP contribution in [0.15, 0.2) is 57.9 Å². The van der Waals surface area contributed by atoms with Gasteiger partial charge in [0.25, 0.3) is 5.91 Å². The number of thioether (sulfide) groups is 1. The maximum atomic E-state index is 12.6. The van der Waals surface area contributed by atoms with Crippen molar-refractivity contribution in [1.82, 2.24) is 0 Å². The van der Waals surface area contributed by atoms with E-state index in [1.807, 2.05) is 42.7 Å². The third-order valence-corrected chi connectivity index (χ3v) is 4.93. The molecule has 0 radical (unpaired) electrons. The fourth-order valence-electron chi connectivity index (χ4n) is 2.49. The largest absolute Gasteiger partial charge is 0.373 e. The van der Waals surface area contributed by atoms with E-state index in [2.05, 4.69) is 21.2 Å². The van der Waals surface area contributed by atoms with Crippen molar-refractivity contribution < 1.29 is 9.59 Å². The van der Waals surface area contributed by atoms with Gasteiger partial charge in [-0.15, -0.1) is 11.8 Å². The van der Waals surface area contributed by atoms with Crippen molar-refractivity contribution in [2.45, 2.75) is 17.4 Å². The first kappa shape index (κ1) is 16.1. The lowest BCUT2D eigenvalue weighted by Crippen LogP contribution is -2.34. The molecule has 0 bridgehead atoms. The maximum absolute atomic E-state index is 12.6. The average Bonchev–Trinajstić information content (AvgIpc) is 2.83. The summed E-state index contributed by atoms with van der Waals surface area (Å²) in [5, 5.41) is 3.15. The molecule has 0 spiro atoms. The fraction of sp³-hybridized carbons (Fsp3) is 0.176. The van der Waals surface area contributed by atoms with E-state index in [9.17, 15) is 9.59 Å². The third kappa shape index (κ3) is 3.43. The van der Waals surface area contributed by atoms with Gasteiger partial charge in [0, 0.05) is 15.1 Å². The highest BCUT2D eigenvalue weighted by molar-refractivity contribution is 9.10. The Labute approximate surface area is 147 Å². The predicted octanol–water partition coefficient (Wildman–Crippen LogP) is 3.92. The van der Waals surface area contributed by atoms with Crippen LogP contribution in [0.25, 0.3) is 0 Å². The molecule has 1 aliphatic rings. The van der Waals surface area contributed by atoms with Gasteiger partial charge in [-0.3, -0.25) is 9.59 Å². The van der Waals surface area contributed by atoms with Gasteiger partial charge >= 0.3 is 0 Å². The van der Waals surface area contributed by atoms with Gasteiger partial charge in [-0.1, -0.05) is 15.9 Å². The number of nitrogens with zero attached hydrogens (tertiary/aromatic N) is 1. The molecular formula is C17H15BrN2O2S. The normalized spacial score (nSPS) is 17.7. The zero-order valence-electron chi connectivity index (χ0n) is 12.5. The first-order valence-corrected chi connectivity index (χ1v) is 9.13. The average molecular weight is 391 g/mol. The molecule has 2 aromatic rings. The molecule has 1 N–H and O–H groups in total. The molecule has 6 heteroatoms. The molecule has 2 aromatic carbocycles. The van der Waals surface area contributed by atoms with Crippen LogP contribution in [0.1, 0.15) is 6.42 Å². The lowest BCUT2D eigenvalue weighted by Gasteiger charge is -2.16. The molecule has 1 unspecified atom stereocenters. The third-order valence-electron chi connectivity index (χ3n) is 3.66. The Balaban J connectivity index is 1.76. The minimum absolute atomic E-state index is 0.166. The summed E-state index contributed by atoms with van der Waals surface area (Å²) in [6.45, 7) is 0. The number of hydrogen-bond donors (Lipinski definition) is 1. The molecule has 1 fully saturated rings. The minimum Gasteiger partial charge on any atom is -0.373 e. The van der Waals surface area contributed by atoms with E-state index in [-0.39, 0.29) is 18.2 Å². The summed E-state index contributed by atoms with van der Waals surface area (Å²) in [5.74, 6) is -0.401. The highest BCUT2D eigenvalue weighted by Gasteiger charge is 2.39. The van der Waals surface area contributed by atoms with Gasteiger partial charge in [0.15, 0.2) is 0 Å². The van der Waals surface area contributed by atoms with Crippen LogP contribution in [0.2, 0.25) is 0 Å². The molecule has 2 amide bonds. The van der Waals surface area contributed by atoms with Gasteiger partial charge in [-0.2, -0.15) is 0 Å². The predicted molar refractivity (Wildman–Crippen MR) is 96.9 cm³/mol. The second kappa shape index (κ2) is 6.76. The number of hydrogen-bond acceptors (Lipinski definition) is 4. The zero-order valence-corrected chi connectivity index (χ0v) is 14.9. The van der Waals surface area contributed by atoms with Crippen LogP contribution in [0.3, 0.4) is 0 Å². The van der Waals surface area contributed by atoms with Gasteiger partial charge in [0.1, 0.15) is 6.04 Å². The molecule has 23 heavy (non-hydrogen) atoms. The lowest BCUT2D eigenvalue weighted by atomic mass is 10.2. The summed E-state index contributed by atoms with van der Waals surface area (Å²) >= 11 is 5.01.